The topological polar surface area (TPSA) is 70.5 Å². The Kier molecular flexibility index (Phi) is 4.96. The zero-order chi connectivity index (χ0) is 12.8. The molecular formula is C11H14N2O3S. The normalized spacial score (nSPS) is 11.9. The third-order valence-corrected chi connectivity index (χ3v) is 3.34. The fraction of sp³-hybridized carbons (Fsp3) is 0.364. The molecule has 0 radical (unpaired) electrons. The summed E-state index contributed by atoms with van der Waals surface area (Å²) in [6.07, 6.45) is 3.30. The van der Waals surface area contributed by atoms with Gasteiger partial charge in [-0.15, -0.1) is 11.8 Å². The van der Waals surface area contributed by atoms with E-state index >= 15 is 0 Å². The van der Waals surface area contributed by atoms with Crippen molar-refractivity contribution >= 4 is 23.6 Å². The summed E-state index contributed by atoms with van der Waals surface area (Å²) in [5, 5.41) is 8.78. The van der Waals surface area contributed by atoms with Gasteiger partial charge in [0.15, 0.2) is 0 Å². The standard InChI is InChI=1S/C11H14N2O3S/c1-8(11(15)16)13(2)10(14)7-17-9-3-5-12-6-4-9/h3-6,8H,7H2,1-2H3,(H,15,16). The number of likely N-dealkylation sites (N-methyl/N-ethyl adjacent to an activating group) is 1. The van der Waals surface area contributed by atoms with E-state index in [0.29, 0.717) is 0 Å². The number of carbonyl (C=O) groups is 2. The average molecular weight is 254 g/mol. The molecule has 1 aromatic rings. The minimum atomic E-state index is -1.00. The van der Waals surface area contributed by atoms with Crippen LogP contribution in [-0.2, 0) is 9.59 Å². The van der Waals surface area contributed by atoms with Crippen molar-refractivity contribution in [1.29, 1.82) is 0 Å². The molecule has 0 bridgehead atoms. The number of carboxylic acids is 1. The molecule has 0 aromatic carbocycles. The van der Waals surface area contributed by atoms with E-state index in [1.807, 2.05) is 0 Å². The first-order valence-corrected chi connectivity index (χ1v) is 6.02. The van der Waals surface area contributed by atoms with Gasteiger partial charge in [0.1, 0.15) is 6.04 Å². The fourth-order valence-electron chi connectivity index (χ4n) is 1.06. The molecule has 1 amide bonds. The first-order valence-electron chi connectivity index (χ1n) is 5.03. The van der Waals surface area contributed by atoms with Gasteiger partial charge in [0, 0.05) is 24.3 Å². The maximum atomic E-state index is 11.7. The van der Waals surface area contributed by atoms with E-state index < -0.39 is 12.0 Å². The number of pyridine rings is 1. The van der Waals surface area contributed by atoms with E-state index in [0.717, 1.165) is 4.90 Å². The Hall–Kier alpha value is -1.56. The van der Waals surface area contributed by atoms with Crippen molar-refractivity contribution in [3.8, 4) is 0 Å². The van der Waals surface area contributed by atoms with E-state index in [9.17, 15) is 9.59 Å². The van der Waals surface area contributed by atoms with Gasteiger partial charge in [0.2, 0.25) is 5.91 Å². The second-order valence-electron chi connectivity index (χ2n) is 3.49. The number of aromatic nitrogens is 1. The first kappa shape index (κ1) is 13.5. The highest BCUT2D eigenvalue weighted by Gasteiger charge is 2.21. The van der Waals surface area contributed by atoms with Crippen LogP contribution in [-0.4, -0.2) is 45.7 Å². The molecule has 0 fully saturated rings. The Morgan fingerprint density at radius 1 is 1.47 bits per heavy atom. The molecule has 1 N–H and O–H groups in total. The largest absolute Gasteiger partial charge is 0.480 e. The predicted octanol–water partition coefficient (Wildman–Crippen LogP) is 1.11. The SMILES string of the molecule is CC(C(=O)O)N(C)C(=O)CSc1ccncc1. The quantitative estimate of drug-likeness (QED) is 0.797. The summed E-state index contributed by atoms with van der Waals surface area (Å²) >= 11 is 1.36. The first-order chi connectivity index (χ1) is 8.02. The molecule has 17 heavy (non-hydrogen) atoms. The van der Waals surface area contributed by atoms with Crippen molar-refractivity contribution in [3.63, 3.8) is 0 Å². The molecule has 0 aliphatic rings. The van der Waals surface area contributed by atoms with Crippen LogP contribution < -0.4 is 0 Å². The zero-order valence-corrected chi connectivity index (χ0v) is 10.5. The van der Waals surface area contributed by atoms with Crippen molar-refractivity contribution < 1.29 is 14.7 Å². The summed E-state index contributed by atoms with van der Waals surface area (Å²) in [4.78, 5) is 28.4. The monoisotopic (exact) mass is 254 g/mol. The number of amides is 1. The molecule has 1 atom stereocenters. The highest BCUT2D eigenvalue weighted by Crippen LogP contribution is 2.16. The number of rotatable bonds is 5. The summed E-state index contributed by atoms with van der Waals surface area (Å²) in [5.41, 5.74) is 0. The van der Waals surface area contributed by atoms with E-state index in [1.165, 1.54) is 30.6 Å². The molecule has 1 rings (SSSR count). The zero-order valence-electron chi connectivity index (χ0n) is 9.66. The Balaban J connectivity index is 2.47. The Morgan fingerprint density at radius 2 is 2.06 bits per heavy atom. The number of thioether (sulfide) groups is 1. The van der Waals surface area contributed by atoms with Crippen LogP contribution in [0.4, 0.5) is 0 Å². The van der Waals surface area contributed by atoms with Gasteiger partial charge >= 0.3 is 5.97 Å². The molecule has 1 unspecified atom stereocenters. The minimum Gasteiger partial charge on any atom is -0.480 e. The lowest BCUT2D eigenvalue weighted by atomic mass is 10.3. The second kappa shape index (κ2) is 6.24. The van der Waals surface area contributed by atoms with Crippen LogP contribution in [0, 0.1) is 0 Å². The van der Waals surface area contributed by atoms with Gasteiger partial charge in [-0.3, -0.25) is 9.78 Å². The van der Waals surface area contributed by atoms with Gasteiger partial charge in [0.25, 0.3) is 0 Å². The molecule has 1 aromatic heterocycles. The van der Waals surface area contributed by atoms with Crippen LogP contribution in [0.15, 0.2) is 29.4 Å². The van der Waals surface area contributed by atoms with E-state index in [-0.39, 0.29) is 11.7 Å². The smallest absolute Gasteiger partial charge is 0.326 e. The number of hydrogen-bond acceptors (Lipinski definition) is 4. The summed E-state index contributed by atoms with van der Waals surface area (Å²) in [6, 6.07) is 2.80. The third kappa shape index (κ3) is 4.07. The highest BCUT2D eigenvalue weighted by atomic mass is 32.2. The van der Waals surface area contributed by atoms with E-state index in [4.69, 9.17) is 5.11 Å². The predicted molar refractivity (Wildman–Crippen MR) is 64.8 cm³/mol. The molecule has 92 valence electrons. The second-order valence-corrected chi connectivity index (χ2v) is 4.54. The molecule has 0 saturated heterocycles. The molecule has 0 aliphatic heterocycles. The lowest BCUT2D eigenvalue weighted by Gasteiger charge is -2.21. The van der Waals surface area contributed by atoms with Gasteiger partial charge < -0.3 is 10.0 Å². The van der Waals surface area contributed by atoms with Crippen molar-refractivity contribution in [3.05, 3.63) is 24.5 Å². The van der Waals surface area contributed by atoms with Crippen molar-refractivity contribution in [2.75, 3.05) is 12.8 Å². The van der Waals surface area contributed by atoms with Crippen molar-refractivity contribution in [1.82, 2.24) is 9.88 Å². The molecule has 6 heteroatoms. The summed E-state index contributed by atoms with van der Waals surface area (Å²) < 4.78 is 0. The van der Waals surface area contributed by atoms with Crippen LogP contribution in [0.1, 0.15) is 6.92 Å². The van der Waals surface area contributed by atoms with Gasteiger partial charge in [-0.05, 0) is 19.1 Å². The highest BCUT2D eigenvalue weighted by molar-refractivity contribution is 8.00. The molecule has 1 heterocycles. The van der Waals surface area contributed by atoms with Crippen LogP contribution in [0.25, 0.3) is 0 Å². The van der Waals surface area contributed by atoms with Crippen LogP contribution >= 0.6 is 11.8 Å². The summed E-state index contributed by atoms with van der Waals surface area (Å²) in [5.74, 6) is -0.991. The molecule has 0 spiro atoms. The average Bonchev–Trinajstić information content (AvgIpc) is 2.35. The lowest BCUT2D eigenvalue weighted by Crippen LogP contribution is -2.41. The van der Waals surface area contributed by atoms with Gasteiger partial charge in [-0.2, -0.15) is 0 Å². The Bertz CT molecular complexity index is 397. The lowest BCUT2D eigenvalue weighted by molar-refractivity contribution is -0.147. The van der Waals surface area contributed by atoms with Crippen LogP contribution in [0.2, 0.25) is 0 Å². The number of carbonyl (C=O) groups excluding carboxylic acids is 1. The van der Waals surface area contributed by atoms with Crippen molar-refractivity contribution in [2.24, 2.45) is 0 Å². The molecule has 5 nitrogen and oxygen atoms in total. The summed E-state index contributed by atoms with van der Waals surface area (Å²) in [6.45, 7) is 1.48. The molecular weight excluding hydrogens is 240 g/mol. The Morgan fingerprint density at radius 3 is 2.59 bits per heavy atom. The van der Waals surface area contributed by atoms with E-state index in [1.54, 1.807) is 24.5 Å². The van der Waals surface area contributed by atoms with Gasteiger partial charge in [0.05, 0.1) is 5.75 Å². The van der Waals surface area contributed by atoms with Gasteiger partial charge in [-0.1, -0.05) is 0 Å². The van der Waals surface area contributed by atoms with Crippen molar-refractivity contribution in [2.45, 2.75) is 17.9 Å². The third-order valence-electron chi connectivity index (χ3n) is 2.34. The number of carboxylic acid groups (broad SMARTS) is 1. The maximum Gasteiger partial charge on any atom is 0.326 e. The molecule has 0 aliphatic carbocycles. The minimum absolute atomic E-state index is 0.207. The fourth-order valence-corrected chi connectivity index (χ4v) is 1.87. The number of hydrogen-bond donors (Lipinski definition) is 1. The van der Waals surface area contributed by atoms with Crippen LogP contribution in [0.5, 0.6) is 0 Å². The van der Waals surface area contributed by atoms with E-state index in [2.05, 4.69) is 4.98 Å². The molecule has 0 saturated carbocycles. The number of nitrogens with zero attached hydrogens (tertiary/aromatic N) is 2. The van der Waals surface area contributed by atoms with Gasteiger partial charge in [-0.25, -0.2) is 4.79 Å². The maximum absolute atomic E-state index is 11.7. The number of aliphatic carboxylic acids is 1. The van der Waals surface area contributed by atoms with Crippen LogP contribution in [0.3, 0.4) is 0 Å². The summed E-state index contributed by atoms with van der Waals surface area (Å²) in [7, 11) is 1.49. The Labute approximate surface area is 104 Å².